The molecule has 1 atom stereocenters. The van der Waals surface area contributed by atoms with Crippen molar-refractivity contribution in [2.24, 2.45) is 5.92 Å². The van der Waals surface area contributed by atoms with Gasteiger partial charge in [0.05, 0.1) is 0 Å². The summed E-state index contributed by atoms with van der Waals surface area (Å²) in [6.45, 7) is 6.87. The van der Waals surface area contributed by atoms with Gasteiger partial charge in [0.1, 0.15) is 0 Å². The summed E-state index contributed by atoms with van der Waals surface area (Å²) in [5.74, 6) is 0.792. The Morgan fingerprint density at radius 2 is 2.06 bits per heavy atom. The molecule has 1 fully saturated rings. The van der Waals surface area contributed by atoms with Gasteiger partial charge in [-0.25, -0.2) is 0 Å². The number of para-hydroxylation sites is 1. The summed E-state index contributed by atoms with van der Waals surface area (Å²) < 4.78 is 0. The molecule has 2 nitrogen and oxygen atoms in total. The number of hydrogen-bond donors (Lipinski definition) is 1. The van der Waals surface area contributed by atoms with Gasteiger partial charge in [-0.1, -0.05) is 38.5 Å². The van der Waals surface area contributed by atoms with E-state index in [4.69, 9.17) is 5.73 Å². The molecule has 0 spiro atoms. The maximum absolute atomic E-state index is 6.05. The summed E-state index contributed by atoms with van der Waals surface area (Å²) >= 11 is 0. The highest BCUT2D eigenvalue weighted by Crippen LogP contribution is 2.30. The van der Waals surface area contributed by atoms with Crippen LogP contribution in [0, 0.1) is 5.92 Å². The number of rotatable bonds is 7. The molecule has 0 heterocycles. The van der Waals surface area contributed by atoms with Crippen molar-refractivity contribution in [3.05, 3.63) is 29.8 Å². The van der Waals surface area contributed by atoms with Crippen LogP contribution in [0.2, 0.25) is 0 Å². The Bertz CT molecular complexity index is 371. The van der Waals surface area contributed by atoms with Gasteiger partial charge in [0.25, 0.3) is 0 Å². The normalized spacial score (nSPS) is 17.1. The van der Waals surface area contributed by atoms with E-state index >= 15 is 0 Å². The average Bonchev–Trinajstić information content (AvgIpc) is 3.15. The van der Waals surface area contributed by atoms with Crippen LogP contribution in [0.3, 0.4) is 0 Å². The van der Waals surface area contributed by atoms with Crippen molar-refractivity contribution in [1.29, 1.82) is 0 Å². The Balaban J connectivity index is 1.96. The predicted octanol–water partition coefficient (Wildman–Crippen LogP) is 3.67. The average molecular weight is 246 g/mol. The minimum Gasteiger partial charge on any atom is -0.398 e. The second-order valence-electron chi connectivity index (χ2n) is 5.75. The van der Waals surface area contributed by atoms with Gasteiger partial charge in [0.2, 0.25) is 0 Å². The molecule has 0 saturated heterocycles. The van der Waals surface area contributed by atoms with Crippen LogP contribution in [0.5, 0.6) is 0 Å². The molecule has 2 heteroatoms. The van der Waals surface area contributed by atoms with E-state index in [1.165, 1.54) is 37.8 Å². The van der Waals surface area contributed by atoms with Crippen molar-refractivity contribution in [1.82, 2.24) is 4.90 Å². The largest absolute Gasteiger partial charge is 0.398 e. The summed E-state index contributed by atoms with van der Waals surface area (Å²) in [5, 5.41) is 0. The molecule has 0 amide bonds. The smallest absolute Gasteiger partial charge is 0.0359 e. The van der Waals surface area contributed by atoms with Gasteiger partial charge in [0, 0.05) is 24.8 Å². The fourth-order valence-corrected chi connectivity index (χ4v) is 2.66. The van der Waals surface area contributed by atoms with E-state index < -0.39 is 0 Å². The van der Waals surface area contributed by atoms with E-state index in [9.17, 15) is 0 Å². The van der Waals surface area contributed by atoms with E-state index in [1.54, 1.807) is 0 Å². The Hall–Kier alpha value is -1.02. The fourth-order valence-electron chi connectivity index (χ4n) is 2.66. The van der Waals surface area contributed by atoms with Gasteiger partial charge in [0.15, 0.2) is 0 Å². The van der Waals surface area contributed by atoms with Crippen LogP contribution >= 0.6 is 0 Å². The van der Waals surface area contributed by atoms with Crippen molar-refractivity contribution < 1.29 is 0 Å². The van der Waals surface area contributed by atoms with Gasteiger partial charge >= 0.3 is 0 Å². The van der Waals surface area contributed by atoms with Gasteiger partial charge in [-0.2, -0.15) is 0 Å². The minimum atomic E-state index is 0.792. The molecule has 1 unspecified atom stereocenters. The number of benzene rings is 1. The summed E-state index contributed by atoms with van der Waals surface area (Å²) in [4.78, 5) is 2.63. The molecule has 1 aliphatic carbocycles. The monoisotopic (exact) mass is 246 g/mol. The van der Waals surface area contributed by atoms with Crippen LogP contribution in [-0.4, -0.2) is 17.5 Å². The molecule has 0 aliphatic heterocycles. The molecule has 1 aromatic carbocycles. The van der Waals surface area contributed by atoms with Crippen LogP contribution in [0.25, 0.3) is 0 Å². The Kier molecular flexibility index (Phi) is 4.65. The highest BCUT2D eigenvalue weighted by Gasteiger charge is 2.29. The molecule has 2 rings (SSSR count). The van der Waals surface area contributed by atoms with Crippen LogP contribution in [0.1, 0.15) is 45.1 Å². The van der Waals surface area contributed by atoms with Crippen LogP contribution in [0.4, 0.5) is 5.69 Å². The zero-order chi connectivity index (χ0) is 13.0. The molecule has 0 aromatic heterocycles. The first kappa shape index (κ1) is 13.4. The lowest BCUT2D eigenvalue weighted by Gasteiger charge is -2.26. The van der Waals surface area contributed by atoms with E-state index in [0.717, 1.165) is 24.2 Å². The first-order valence-electron chi connectivity index (χ1n) is 7.28. The molecule has 1 saturated carbocycles. The molecule has 0 radical (unpaired) electrons. The third-order valence-corrected chi connectivity index (χ3v) is 3.82. The summed E-state index contributed by atoms with van der Waals surface area (Å²) in [5.41, 5.74) is 8.27. The molecular formula is C16H26N2. The number of nitrogens with zero attached hydrogens (tertiary/aromatic N) is 1. The zero-order valence-electron chi connectivity index (χ0n) is 11.7. The summed E-state index contributed by atoms with van der Waals surface area (Å²) in [7, 11) is 0. The Morgan fingerprint density at radius 3 is 2.67 bits per heavy atom. The molecule has 100 valence electrons. The highest BCUT2D eigenvalue weighted by molar-refractivity contribution is 5.46. The van der Waals surface area contributed by atoms with E-state index in [2.05, 4.69) is 30.9 Å². The van der Waals surface area contributed by atoms with Gasteiger partial charge in [-0.3, -0.25) is 4.90 Å². The highest BCUT2D eigenvalue weighted by atomic mass is 15.2. The van der Waals surface area contributed by atoms with Gasteiger partial charge in [-0.05, 0) is 36.8 Å². The first-order valence-corrected chi connectivity index (χ1v) is 7.28. The standard InChI is InChI=1S/C16H26N2/c1-3-6-13(2)11-18(15-9-10-15)12-14-7-4-5-8-16(14)17/h4-5,7-8,13,15H,3,6,9-12,17H2,1-2H3. The van der Waals surface area contributed by atoms with Crippen molar-refractivity contribution >= 4 is 5.69 Å². The molecule has 0 bridgehead atoms. The Labute approximate surface area is 111 Å². The lowest BCUT2D eigenvalue weighted by Crippen LogP contribution is -2.30. The van der Waals surface area contributed by atoms with Crippen molar-refractivity contribution in [3.8, 4) is 0 Å². The van der Waals surface area contributed by atoms with E-state index in [-0.39, 0.29) is 0 Å². The van der Waals surface area contributed by atoms with Gasteiger partial charge in [-0.15, -0.1) is 0 Å². The van der Waals surface area contributed by atoms with Crippen molar-refractivity contribution in [2.45, 2.75) is 52.1 Å². The third kappa shape index (κ3) is 3.74. The summed E-state index contributed by atoms with van der Waals surface area (Å²) in [6.07, 6.45) is 5.35. The second kappa shape index (κ2) is 6.24. The van der Waals surface area contributed by atoms with Gasteiger partial charge < -0.3 is 5.73 Å². The number of hydrogen-bond acceptors (Lipinski definition) is 2. The van der Waals surface area contributed by atoms with Crippen LogP contribution in [0.15, 0.2) is 24.3 Å². The minimum absolute atomic E-state index is 0.792. The fraction of sp³-hybridized carbons (Fsp3) is 0.625. The molecular weight excluding hydrogens is 220 g/mol. The third-order valence-electron chi connectivity index (χ3n) is 3.82. The van der Waals surface area contributed by atoms with Crippen LogP contribution in [-0.2, 0) is 6.54 Å². The second-order valence-corrected chi connectivity index (χ2v) is 5.75. The molecule has 2 N–H and O–H groups in total. The summed E-state index contributed by atoms with van der Waals surface area (Å²) in [6, 6.07) is 9.08. The number of nitrogen functional groups attached to an aromatic ring is 1. The first-order chi connectivity index (χ1) is 8.70. The van der Waals surface area contributed by atoms with Crippen molar-refractivity contribution in [3.63, 3.8) is 0 Å². The maximum Gasteiger partial charge on any atom is 0.0359 e. The van der Waals surface area contributed by atoms with Crippen LogP contribution < -0.4 is 5.73 Å². The van der Waals surface area contributed by atoms with Crippen molar-refractivity contribution in [2.75, 3.05) is 12.3 Å². The van der Waals surface area contributed by atoms with E-state index in [1.807, 2.05) is 12.1 Å². The zero-order valence-corrected chi connectivity index (χ0v) is 11.7. The number of nitrogens with two attached hydrogens (primary N) is 1. The maximum atomic E-state index is 6.05. The topological polar surface area (TPSA) is 29.3 Å². The SMILES string of the molecule is CCCC(C)CN(Cc1ccccc1N)C1CC1. The lowest BCUT2D eigenvalue weighted by atomic mass is 10.0. The van der Waals surface area contributed by atoms with E-state index in [0.29, 0.717) is 0 Å². The Morgan fingerprint density at radius 1 is 1.33 bits per heavy atom. The molecule has 18 heavy (non-hydrogen) atoms. The lowest BCUT2D eigenvalue weighted by molar-refractivity contribution is 0.214. The predicted molar refractivity (Wildman–Crippen MR) is 78.4 cm³/mol. The molecule has 1 aliphatic rings. The number of anilines is 1. The quantitative estimate of drug-likeness (QED) is 0.744. The molecule has 1 aromatic rings.